The van der Waals surface area contributed by atoms with Gasteiger partial charge in [0, 0.05) is 24.6 Å². The van der Waals surface area contributed by atoms with Crippen LogP contribution in [0.4, 0.5) is 4.79 Å². The molecule has 2 amide bonds. The van der Waals surface area contributed by atoms with E-state index in [9.17, 15) is 9.90 Å². The first-order valence-corrected chi connectivity index (χ1v) is 9.15. The summed E-state index contributed by atoms with van der Waals surface area (Å²) in [7, 11) is 0. The Labute approximate surface area is 142 Å². The van der Waals surface area contributed by atoms with Gasteiger partial charge in [0.15, 0.2) is 0 Å². The summed E-state index contributed by atoms with van der Waals surface area (Å²) in [6.45, 7) is 0.116. The number of hydrogen-bond donors (Lipinski definition) is 3. The van der Waals surface area contributed by atoms with E-state index in [1.54, 1.807) is 0 Å². The highest BCUT2D eigenvalue weighted by molar-refractivity contribution is 5.75. The predicted molar refractivity (Wildman–Crippen MR) is 90.9 cm³/mol. The first-order chi connectivity index (χ1) is 11.7. The van der Waals surface area contributed by atoms with Crippen LogP contribution in [0.5, 0.6) is 5.75 Å². The molecule has 0 unspecified atom stereocenters. The standard InChI is InChI=1S/C19H26N2O3/c22-11-8-15(13-6-7-13)20-18(23)21-16-12-19(9-3-10-19)24-17-5-2-1-4-14(16)17/h1-2,4-5,13,15-16,22H,3,6-12H2,(H2,20,21,23)/t15-,16-/m0/s1. The third-order valence-corrected chi connectivity index (χ3v) is 5.71. The van der Waals surface area contributed by atoms with E-state index in [0.29, 0.717) is 12.3 Å². The van der Waals surface area contributed by atoms with E-state index in [1.165, 1.54) is 6.42 Å². The zero-order chi connectivity index (χ0) is 16.6. The Bertz CT molecular complexity index is 610. The zero-order valence-electron chi connectivity index (χ0n) is 14.0. The molecule has 1 aliphatic heterocycles. The lowest BCUT2D eigenvalue weighted by Crippen LogP contribution is -2.52. The molecule has 2 saturated carbocycles. The second-order valence-electron chi connectivity index (χ2n) is 7.51. The minimum Gasteiger partial charge on any atom is -0.487 e. The van der Waals surface area contributed by atoms with Crippen LogP contribution < -0.4 is 15.4 Å². The number of ether oxygens (including phenoxy) is 1. The second kappa shape index (κ2) is 6.28. The van der Waals surface area contributed by atoms with Crippen molar-refractivity contribution in [3.8, 4) is 5.75 Å². The molecular weight excluding hydrogens is 304 g/mol. The smallest absolute Gasteiger partial charge is 0.315 e. The third-order valence-electron chi connectivity index (χ3n) is 5.71. The van der Waals surface area contributed by atoms with Crippen molar-refractivity contribution in [2.45, 2.75) is 62.6 Å². The van der Waals surface area contributed by atoms with Gasteiger partial charge >= 0.3 is 6.03 Å². The number of carbonyl (C=O) groups excluding carboxylic acids is 1. The SMILES string of the molecule is O=C(N[C@H]1CC2(CCC2)Oc2ccccc21)N[C@@H](CCO)C1CC1. The highest BCUT2D eigenvalue weighted by atomic mass is 16.5. The fraction of sp³-hybridized carbons (Fsp3) is 0.632. The predicted octanol–water partition coefficient (Wildman–Crippen LogP) is 2.89. The molecular formula is C19H26N2O3. The summed E-state index contributed by atoms with van der Waals surface area (Å²) in [6.07, 6.45) is 7.09. The van der Waals surface area contributed by atoms with Crippen LogP contribution in [0.3, 0.4) is 0 Å². The first-order valence-electron chi connectivity index (χ1n) is 9.15. The number of para-hydroxylation sites is 1. The second-order valence-corrected chi connectivity index (χ2v) is 7.51. The molecule has 0 bridgehead atoms. The lowest BCUT2D eigenvalue weighted by atomic mass is 9.73. The van der Waals surface area contributed by atoms with E-state index in [2.05, 4.69) is 10.6 Å². The molecule has 1 spiro atoms. The van der Waals surface area contributed by atoms with E-state index < -0.39 is 0 Å². The van der Waals surface area contributed by atoms with Crippen LogP contribution in [0.2, 0.25) is 0 Å². The van der Waals surface area contributed by atoms with Gasteiger partial charge in [-0.25, -0.2) is 4.79 Å². The van der Waals surface area contributed by atoms with Crippen molar-refractivity contribution in [1.82, 2.24) is 10.6 Å². The summed E-state index contributed by atoms with van der Waals surface area (Å²) in [5, 5.41) is 15.4. The van der Waals surface area contributed by atoms with E-state index in [1.807, 2.05) is 24.3 Å². The van der Waals surface area contributed by atoms with Gasteiger partial charge in [-0.2, -0.15) is 0 Å². The molecule has 0 radical (unpaired) electrons. The van der Waals surface area contributed by atoms with Gasteiger partial charge in [0.05, 0.1) is 6.04 Å². The summed E-state index contributed by atoms with van der Waals surface area (Å²) in [6, 6.07) is 7.96. The largest absolute Gasteiger partial charge is 0.487 e. The van der Waals surface area contributed by atoms with E-state index in [4.69, 9.17) is 4.74 Å². The summed E-state index contributed by atoms with van der Waals surface area (Å²) in [5.41, 5.74) is 0.975. The van der Waals surface area contributed by atoms with Crippen LogP contribution in [-0.4, -0.2) is 29.4 Å². The average molecular weight is 330 g/mol. The van der Waals surface area contributed by atoms with Crippen molar-refractivity contribution in [3.63, 3.8) is 0 Å². The van der Waals surface area contributed by atoms with Crippen molar-refractivity contribution in [2.75, 3.05) is 6.61 Å². The number of nitrogens with one attached hydrogen (secondary N) is 2. The van der Waals surface area contributed by atoms with Crippen LogP contribution in [-0.2, 0) is 0 Å². The number of rotatable bonds is 5. The van der Waals surface area contributed by atoms with E-state index in [0.717, 1.165) is 43.4 Å². The molecule has 3 aliphatic rings. The Morgan fingerprint density at radius 3 is 2.79 bits per heavy atom. The molecule has 1 heterocycles. The number of fused-ring (bicyclic) bond motifs is 1. The van der Waals surface area contributed by atoms with Gasteiger partial charge in [0.1, 0.15) is 11.4 Å². The van der Waals surface area contributed by atoms with Crippen molar-refractivity contribution in [3.05, 3.63) is 29.8 Å². The van der Waals surface area contributed by atoms with Crippen molar-refractivity contribution < 1.29 is 14.6 Å². The third kappa shape index (κ3) is 3.09. The topological polar surface area (TPSA) is 70.6 Å². The number of amides is 2. The molecule has 2 fully saturated rings. The maximum atomic E-state index is 12.5. The number of hydrogen-bond acceptors (Lipinski definition) is 3. The molecule has 2 atom stereocenters. The monoisotopic (exact) mass is 330 g/mol. The Balaban J connectivity index is 1.45. The fourth-order valence-corrected chi connectivity index (χ4v) is 4.06. The number of benzene rings is 1. The zero-order valence-corrected chi connectivity index (χ0v) is 14.0. The highest BCUT2D eigenvalue weighted by Gasteiger charge is 2.46. The molecule has 2 aliphatic carbocycles. The maximum absolute atomic E-state index is 12.5. The Kier molecular flexibility index (Phi) is 4.12. The quantitative estimate of drug-likeness (QED) is 0.777. The number of urea groups is 1. The molecule has 3 N–H and O–H groups in total. The molecule has 4 rings (SSSR count). The van der Waals surface area contributed by atoms with Gasteiger partial charge in [-0.15, -0.1) is 0 Å². The molecule has 130 valence electrons. The van der Waals surface area contributed by atoms with E-state index >= 15 is 0 Å². The first kappa shape index (κ1) is 15.8. The van der Waals surface area contributed by atoms with Gasteiger partial charge < -0.3 is 20.5 Å². The van der Waals surface area contributed by atoms with Gasteiger partial charge in [-0.05, 0) is 50.5 Å². The van der Waals surface area contributed by atoms with Gasteiger partial charge in [-0.3, -0.25) is 0 Å². The molecule has 0 aromatic heterocycles. The summed E-state index contributed by atoms with van der Waals surface area (Å²) < 4.78 is 6.23. The van der Waals surface area contributed by atoms with Gasteiger partial charge in [0.2, 0.25) is 0 Å². The molecule has 5 nitrogen and oxygen atoms in total. The lowest BCUT2D eigenvalue weighted by Gasteiger charge is -2.48. The molecule has 1 aromatic rings. The Hall–Kier alpha value is -1.75. The van der Waals surface area contributed by atoms with Crippen LogP contribution in [0.25, 0.3) is 0 Å². The van der Waals surface area contributed by atoms with Crippen LogP contribution in [0, 0.1) is 5.92 Å². The van der Waals surface area contributed by atoms with Crippen molar-refractivity contribution in [2.24, 2.45) is 5.92 Å². The van der Waals surface area contributed by atoms with Gasteiger partial charge in [-0.1, -0.05) is 18.2 Å². The number of aliphatic hydroxyl groups excluding tert-OH is 1. The van der Waals surface area contributed by atoms with Gasteiger partial charge in [0.25, 0.3) is 0 Å². The van der Waals surface area contributed by atoms with Crippen molar-refractivity contribution in [1.29, 1.82) is 0 Å². The van der Waals surface area contributed by atoms with Crippen LogP contribution in [0.1, 0.15) is 56.6 Å². The highest BCUT2D eigenvalue weighted by Crippen LogP contribution is 2.48. The minimum absolute atomic E-state index is 0.00997. The summed E-state index contributed by atoms with van der Waals surface area (Å²) in [4.78, 5) is 12.5. The summed E-state index contributed by atoms with van der Waals surface area (Å²) in [5.74, 6) is 1.44. The number of aliphatic hydroxyl groups is 1. The Morgan fingerprint density at radius 2 is 2.12 bits per heavy atom. The minimum atomic E-state index is -0.128. The van der Waals surface area contributed by atoms with Crippen LogP contribution in [0.15, 0.2) is 24.3 Å². The fourth-order valence-electron chi connectivity index (χ4n) is 4.06. The molecule has 0 saturated heterocycles. The van der Waals surface area contributed by atoms with Crippen LogP contribution >= 0.6 is 0 Å². The normalized spacial score (nSPS) is 25.1. The average Bonchev–Trinajstić information content (AvgIpc) is 3.37. The van der Waals surface area contributed by atoms with Crippen molar-refractivity contribution >= 4 is 6.03 Å². The molecule has 1 aromatic carbocycles. The summed E-state index contributed by atoms with van der Waals surface area (Å²) >= 11 is 0. The molecule has 5 heteroatoms. The number of carbonyl (C=O) groups is 1. The lowest BCUT2D eigenvalue weighted by molar-refractivity contribution is -0.0356. The Morgan fingerprint density at radius 1 is 1.33 bits per heavy atom. The maximum Gasteiger partial charge on any atom is 0.315 e. The molecule has 24 heavy (non-hydrogen) atoms. The van der Waals surface area contributed by atoms with E-state index in [-0.39, 0.29) is 30.3 Å².